The van der Waals surface area contributed by atoms with Crippen molar-refractivity contribution in [2.75, 3.05) is 7.05 Å². The van der Waals surface area contributed by atoms with Crippen molar-refractivity contribution in [1.82, 2.24) is 5.32 Å². The van der Waals surface area contributed by atoms with Gasteiger partial charge in [0, 0.05) is 16.3 Å². The minimum absolute atomic E-state index is 0.276. The van der Waals surface area contributed by atoms with E-state index in [2.05, 4.69) is 33.4 Å². The number of nitrogens with one attached hydrogen (secondary N) is 1. The zero-order valence-electron chi connectivity index (χ0n) is 9.87. The lowest BCUT2D eigenvalue weighted by Gasteiger charge is -2.06. The summed E-state index contributed by atoms with van der Waals surface area (Å²) in [5, 5.41) is 3.11. The Morgan fingerprint density at radius 1 is 1.28 bits per heavy atom. The molecule has 0 bridgehead atoms. The molecule has 0 spiro atoms. The molecule has 0 saturated heterocycles. The summed E-state index contributed by atoms with van der Waals surface area (Å²) in [6, 6.07) is 8.55. The quantitative estimate of drug-likeness (QED) is 0.896. The monoisotopic (exact) mass is 329 g/mol. The third-order valence-corrected chi connectivity index (χ3v) is 4.01. The lowest BCUT2D eigenvalue weighted by Crippen LogP contribution is -2.02. The lowest BCUT2D eigenvalue weighted by molar-refractivity contribution is 0.307. The van der Waals surface area contributed by atoms with Crippen LogP contribution in [0.1, 0.15) is 9.75 Å². The van der Waals surface area contributed by atoms with E-state index in [-0.39, 0.29) is 5.82 Å². The van der Waals surface area contributed by atoms with Crippen LogP contribution in [-0.4, -0.2) is 7.05 Å². The van der Waals surface area contributed by atoms with Crippen LogP contribution in [-0.2, 0) is 13.2 Å². The molecule has 0 aliphatic carbocycles. The van der Waals surface area contributed by atoms with Gasteiger partial charge >= 0.3 is 0 Å². The number of ether oxygens (including phenoxy) is 1. The first-order chi connectivity index (χ1) is 8.69. The second kappa shape index (κ2) is 6.31. The van der Waals surface area contributed by atoms with Crippen LogP contribution in [0.3, 0.4) is 0 Å². The molecule has 2 aromatic rings. The van der Waals surface area contributed by atoms with Crippen LogP contribution in [0.2, 0.25) is 0 Å². The zero-order chi connectivity index (χ0) is 13.0. The first-order valence-electron chi connectivity index (χ1n) is 5.49. The summed E-state index contributed by atoms with van der Waals surface area (Å²) in [6.45, 7) is 1.36. The van der Waals surface area contributed by atoms with Gasteiger partial charge in [-0.15, -0.1) is 11.3 Å². The standard InChI is InChI=1S/C13H13BrFNOS/c1-16-7-10-3-4-11(18-10)8-17-13-5-2-9(15)6-12(13)14/h2-6,16H,7-8H2,1H3. The molecule has 1 N–H and O–H groups in total. The maximum Gasteiger partial charge on any atom is 0.134 e. The van der Waals surface area contributed by atoms with Crippen molar-refractivity contribution in [2.45, 2.75) is 13.2 Å². The van der Waals surface area contributed by atoms with Gasteiger partial charge in [0.05, 0.1) is 4.47 Å². The number of hydrogen-bond acceptors (Lipinski definition) is 3. The van der Waals surface area contributed by atoms with Gasteiger partial charge in [-0.3, -0.25) is 0 Å². The Kier molecular flexibility index (Phi) is 4.74. The van der Waals surface area contributed by atoms with Gasteiger partial charge in [-0.25, -0.2) is 4.39 Å². The van der Waals surface area contributed by atoms with E-state index in [1.165, 1.54) is 17.0 Å². The summed E-state index contributed by atoms with van der Waals surface area (Å²) in [4.78, 5) is 2.42. The topological polar surface area (TPSA) is 21.3 Å². The molecule has 0 radical (unpaired) electrons. The molecule has 0 aliphatic heterocycles. The molecule has 0 fully saturated rings. The molecule has 18 heavy (non-hydrogen) atoms. The minimum Gasteiger partial charge on any atom is -0.487 e. The molecule has 0 aliphatic rings. The van der Waals surface area contributed by atoms with Crippen molar-refractivity contribution in [2.24, 2.45) is 0 Å². The molecule has 2 nitrogen and oxygen atoms in total. The molecule has 0 atom stereocenters. The Balaban J connectivity index is 1.97. The molecule has 0 unspecified atom stereocenters. The van der Waals surface area contributed by atoms with Crippen molar-refractivity contribution >= 4 is 27.3 Å². The highest BCUT2D eigenvalue weighted by atomic mass is 79.9. The largest absolute Gasteiger partial charge is 0.487 e. The second-order valence-corrected chi connectivity index (χ2v) is 5.87. The lowest BCUT2D eigenvalue weighted by atomic mass is 10.3. The SMILES string of the molecule is CNCc1ccc(COc2ccc(F)cc2Br)s1. The molecular weight excluding hydrogens is 317 g/mol. The molecule has 96 valence electrons. The number of halogens is 2. The average Bonchev–Trinajstić information content (AvgIpc) is 2.76. The Hall–Kier alpha value is -0.910. The third-order valence-electron chi connectivity index (χ3n) is 2.33. The van der Waals surface area contributed by atoms with Crippen LogP contribution in [0.15, 0.2) is 34.8 Å². The number of thiophene rings is 1. The molecule has 0 saturated carbocycles. The van der Waals surface area contributed by atoms with E-state index in [9.17, 15) is 4.39 Å². The van der Waals surface area contributed by atoms with Crippen LogP contribution in [0.4, 0.5) is 4.39 Å². The van der Waals surface area contributed by atoms with Gasteiger partial charge in [0.15, 0.2) is 0 Å². The maximum absolute atomic E-state index is 12.9. The zero-order valence-corrected chi connectivity index (χ0v) is 12.3. The van der Waals surface area contributed by atoms with E-state index in [0.29, 0.717) is 16.8 Å². The maximum atomic E-state index is 12.9. The normalized spacial score (nSPS) is 10.6. The summed E-state index contributed by atoms with van der Waals surface area (Å²) in [5.74, 6) is 0.377. The first kappa shape index (κ1) is 13.5. The van der Waals surface area contributed by atoms with Gasteiger partial charge in [-0.2, -0.15) is 0 Å². The van der Waals surface area contributed by atoms with E-state index in [1.54, 1.807) is 17.4 Å². The Bertz CT molecular complexity index is 529. The van der Waals surface area contributed by atoms with E-state index >= 15 is 0 Å². The average molecular weight is 330 g/mol. The fraction of sp³-hybridized carbons (Fsp3) is 0.231. The third kappa shape index (κ3) is 3.54. The molecule has 1 heterocycles. The van der Waals surface area contributed by atoms with Gasteiger partial charge < -0.3 is 10.1 Å². The Morgan fingerprint density at radius 3 is 2.78 bits per heavy atom. The predicted octanol–water partition coefficient (Wildman–Crippen LogP) is 3.95. The van der Waals surface area contributed by atoms with Crippen molar-refractivity contribution in [3.63, 3.8) is 0 Å². The molecule has 0 amide bonds. The second-order valence-electron chi connectivity index (χ2n) is 3.76. The van der Waals surface area contributed by atoms with E-state index in [0.717, 1.165) is 11.4 Å². The molecule has 1 aromatic heterocycles. The molecule has 5 heteroatoms. The number of benzene rings is 1. The summed E-state index contributed by atoms with van der Waals surface area (Å²) >= 11 is 4.99. The van der Waals surface area contributed by atoms with Gasteiger partial charge in [-0.05, 0) is 53.3 Å². The van der Waals surface area contributed by atoms with Gasteiger partial charge in [0.25, 0.3) is 0 Å². The number of rotatable bonds is 5. The fourth-order valence-corrected chi connectivity index (χ4v) is 2.92. The summed E-state index contributed by atoms with van der Waals surface area (Å²) < 4.78 is 19.2. The number of hydrogen-bond donors (Lipinski definition) is 1. The minimum atomic E-state index is -0.276. The smallest absolute Gasteiger partial charge is 0.134 e. The molecule has 2 rings (SSSR count). The van der Waals surface area contributed by atoms with Gasteiger partial charge in [-0.1, -0.05) is 0 Å². The van der Waals surface area contributed by atoms with Crippen molar-refractivity contribution in [3.05, 3.63) is 50.4 Å². The summed E-state index contributed by atoms with van der Waals surface area (Å²) in [7, 11) is 1.92. The fourth-order valence-electron chi connectivity index (χ4n) is 1.51. The Morgan fingerprint density at radius 2 is 2.06 bits per heavy atom. The van der Waals surface area contributed by atoms with Crippen molar-refractivity contribution in [1.29, 1.82) is 0 Å². The highest BCUT2D eigenvalue weighted by molar-refractivity contribution is 9.10. The van der Waals surface area contributed by atoms with Crippen LogP contribution in [0.5, 0.6) is 5.75 Å². The van der Waals surface area contributed by atoms with E-state index in [1.807, 2.05) is 7.05 Å². The Labute approximate surface area is 118 Å². The highest BCUT2D eigenvalue weighted by Crippen LogP contribution is 2.27. The first-order valence-corrected chi connectivity index (χ1v) is 7.10. The van der Waals surface area contributed by atoms with Crippen LogP contribution >= 0.6 is 27.3 Å². The van der Waals surface area contributed by atoms with Gasteiger partial charge in [0.2, 0.25) is 0 Å². The van der Waals surface area contributed by atoms with Crippen molar-refractivity contribution in [3.8, 4) is 5.75 Å². The molecular formula is C13H13BrFNOS. The summed E-state index contributed by atoms with van der Waals surface area (Å²) in [6.07, 6.45) is 0. The highest BCUT2D eigenvalue weighted by Gasteiger charge is 2.04. The van der Waals surface area contributed by atoms with Crippen LogP contribution < -0.4 is 10.1 Å². The van der Waals surface area contributed by atoms with E-state index in [4.69, 9.17) is 4.74 Å². The van der Waals surface area contributed by atoms with Crippen molar-refractivity contribution < 1.29 is 9.13 Å². The predicted molar refractivity (Wildman–Crippen MR) is 75.5 cm³/mol. The van der Waals surface area contributed by atoms with Gasteiger partial charge in [0.1, 0.15) is 18.2 Å². The summed E-state index contributed by atoms with van der Waals surface area (Å²) in [5.41, 5.74) is 0. The molecule has 1 aromatic carbocycles. The van der Waals surface area contributed by atoms with Crippen LogP contribution in [0.25, 0.3) is 0 Å². The van der Waals surface area contributed by atoms with E-state index < -0.39 is 0 Å². The van der Waals surface area contributed by atoms with Crippen LogP contribution in [0, 0.1) is 5.82 Å².